The van der Waals surface area contributed by atoms with Crippen LogP contribution >= 0.6 is 0 Å². The van der Waals surface area contributed by atoms with Gasteiger partial charge in [-0.2, -0.15) is 0 Å². The Labute approximate surface area is 149 Å². The van der Waals surface area contributed by atoms with E-state index >= 15 is 0 Å². The number of rotatable bonds is 10. The van der Waals surface area contributed by atoms with Crippen LogP contribution in [0.3, 0.4) is 0 Å². The molecule has 24 heavy (non-hydrogen) atoms. The lowest BCUT2D eigenvalue weighted by Gasteiger charge is -2.22. The fraction of sp³-hybridized carbons (Fsp3) is 0.652. The van der Waals surface area contributed by atoms with E-state index in [0.29, 0.717) is 5.92 Å². The number of aryl methyl sites for hydroxylation is 1. The Morgan fingerprint density at radius 1 is 1.08 bits per heavy atom. The normalized spacial score (nSPS) is 17.8. The third-order valence-corrected chi connectivity index (χ3v) is 5.40. The molecule has 0 aromatic heterocycles. The summed E-state index contributed by atoms with van der Waals surface area (Å²) in [5, 5.41) is 10.8. The molecule has 1 nitrogen and oxygen atoms in total. The number of hydrogen-bond acceptors (Lipinski definition) is 1. The van der Waals surface area contributed by atoms with Crippen LogP contribution in [0.15, 0.2) is 42.0 Å². The number of unbranched alkanes of at least 4 members (excludes halogenated alkanes) is 3. The summed E-state index contributed by atoms with van der Waals surface area (Å²) in [7, 11) is 0. The van der Waals surface area contributed by atoms with Gasteiger partial charge in [-0.05, 0) is 55.6 Å². The first-order valence-corrected chi connectivity index (χ1v) is 10.2. The zero-order chi connectivity index (χ0) is 17.0. The molecular formula is C23H36O. The SMILES string of the molecule is CCCCCC/C(=C\C1CCCCC1)C(O)CCc1ccccc1. The summed E-state index contributed by atoms with van der Waals surface area (Å²) in [4.78, 5) is 0. The van der Waals surface area contributed by atoms with Crippen LogP contribution in [0.4, 0.5) is 0 Å². The minimum absolute atomic E-state index is 0.256. The lowest BCUT2D eigenvalue weighted by atomic mass is 9.85. The third kappa shape index (κ3) is 7.21. The van der Waals surface area contributed by atoms with Crippen molar-refractivity contribution in [1.29, 1.82) is 0 Å². The monoisotopic (exact) mass is 328 g/mol. The molecule has 0 spiro atoms. The summed E-state index contributed by atoms with van der Waals surface area (Å²) in [6, 6.07) is 10.6. The van der Waals surface area contributed by atoms with Crippen LogP contribution in [0.2, 0.25) is 0 Å². The molecule has 0 aliphatic heterocycles. The van der Waals surface area contributed by atoms with Gasteiger partial charge in [-0.15, -0.1) is 0 Å². The van der Waals surface area contributed by atoms with Crippen LogP contribution in [0.1, 0.15) is 83.1 Å². The topological polar surface area (TPSA) is 20.2 Å². The molecule has 1 saturated carbocycles. The molecule has 1 aromatic rings. The van der Waals surface area contributed by atoms with Crippen molar-refractivity contribution in [2.24, 2.45) is 5.92 Å². The molecule has 1 aliphatic rings. The molecule has 0 radical (unpaired) electrons. The minimum atomic E-state index is -0.256. The molecular weight excluding hydrogens is 292 g/mol. The quantitative estimate of drug-likeness (QED) is 0.386. The zero-order valence-electron chi connectivity index (χ0n) is 15.6. The van der Waals surface area contributed by atoms with Gasteiger partial charge in [-0.3, -0.25) is 0 Å². The molecule has 2 rings (SSSR count). The molecule has 1 unspecified atom stereocenters. The van der Waals surface area contributed by atoms with Crippen molar-refractivity contribution >= 4 is 0 Å². The fourth-order valence-corrected chi connectivity index (χ4v) is 3.85. The lowest BCUT2D eigenvalue weighted by molar-refractivity contribution is 0.194. The van der Waals surface area contributed by atoms with Gasteiger partial charge in [0.05, 0.1) is 6.10 Å². The van der Waals surface area contributed by atoms with Crippen LogP contribution in [-0.4, -0.2) is 11.2 Å². The number of allylic oxidation sites excluding steroid dienone is 1. The van der Waals surface area contributed by atoms with Crippen LogP contribution in [0.25, 0.3) is 0 Å². The van der Waals surface area contributed by atoms with Crippen molar-refractivity contribution < 1.29 is 5.11 Å². The average molecular weight is 329 g/mol. The van der Waals surface area contributed by atoms with E-state index < -0.39 is 0 Å². The van der Waals surface area contributed by atoms with Gasteiger partial charge >= 0.3 is 0 Å². The van der Waals surface area contributed by atoms with E-state index in [2.05, 4.69) is 43.3 Å². The molecule has 1 heteroatoms. The molecule has 1 atom stereocenters. The maximum atomic E-state index is 10.8. The molecule has 1 aromatic carbocycles. The van der Waals surface area contributed by atoms with E-state index in [4.69, 9.17) is 0 Å². The number of aliphatic hydroxyl groups excluding tert-OH is 1. The van der Waals surface area contributed by atoms with Crippen LogP contribution in [0.5, 0.6) is 0 Å². The van der Waals surface area contributed by atoms with E-state index in [1.54, 1.807) is 0 Å². The summed E-state index contributed by atoms with van der Waals surface area (Å²) in [5.41, 5.74) is 2.66. The fourth-order valence-electron chi connectivity index (χ4n) is 3.85. The second-order valence-electron chi connectivity index (χ2n) is 7.49. The highest BCUT2D eigenvalue weighted by molar-refractivity contribution is 5.16. The highest BCUT2D eigenvalue weighted by Gasteiger charge is 2.16. The molecule has 0 heterocycles. The summed E-state index contributed by atoms with van der Waals surface area (Å²) in [6.45, 7) is 2.26. The van der Waals surface area contributed by atoms with Crippen molar-refractivity contribution in [3.8, 4) is 0 Å². The second kappa shape index (κ2) is 11.5. The maximum Gasteiger partial charge on any atom is 0.0753 e. The predicted molar refractivity (Wildman–Crippen MR) is 104 cm³/mol. The van der Waals surface area contributed by atoms with Crippen molar-refractivity contribution in [3.05, 3.63) is 47.5 Å². The summed E-state index contributed by atoms with van der Waals surface area (Å²) in [6.07, 6.45) is 17.0. The Kier molecular flexibility index (Phi) is 9.20. The molecule has 1 N–H and O–H groups in total. The first-order chi connectivity index (χ1) is 11.8. The van der Waals surface area contributed by atoms with Gasteiger partial charge in [0.2, 0.25) is 0 Å². The van der Waals surface area contributed by atoms with Crippen molar-refractivity contribution in [1.82, 2.24) is 0 Å². The predicted octanol–water partition coefficient (Wildman–Crippen LogP) is 6.46. The summed E-state index contributed by atoms with van der Waals surface area (Å²) < 4.78 is 0. The third-order valence-electron chi connectivity index (χ3n) is 5.40. The maximum absolute atomic E-state index is 10.8. The van der Waals surface area contributed by atoms with E-state index in [1.165, 1.54) is 68.9 Å². The highest BCUT2D eigenvalue weighted by atomic mass is 16.3. The van der Waals surface area contributed by atoms with Gasteiger partial charge in [0, 0.05) is 0 Å². The Bertz CT molecular complexity index is 456. The first-order valence-electron chi connectivity index (χ1n) is 10.2. The van der Waals surface area contributed by atoms with E-state index in [-0.39, 0.29) is 6.10 Å². The number of hydrogen-bond donors (Lipinski definition) is 1. The van der Waals surface area contributed by atoms with Crippen molar-refractivity contribution in [2.45, 2.75) is 90.1 Å². The minimum Gasteiger partial charge on any atom is -0.389 e. The Morgan fingerprint density at radius 3 is 2.54 bits per heavy atom. The summed E-state index contributed by atoms with van der Waals surface area (Å²) >= 11 is 0. The lowest BCUT2D eigenvalue weighted by Crippen LogP contribution is -2.14. The summed E-state index contributed by atoms with van der Waals surface area (Å²) in [5.74, 6) is 0.714. The molecule has 0 amide bonds. The Morgan fingerprint density at radius 2 is 1.83 bits per heavy atom. The van der Waals surface area contributed by atoms with E-state index in [0.717, 1.165) is 19.3 Å². The van der Waals surface area contributed by atoms with E-state index in [1.807, 2.05) is 0 Å². The highest BCUT2D eigenvalue weighted by Crippen LogP contribution is 2.28. The van der Waals surface area contributed by atoms with Crippen molar-refractivity contribution in [3.63, 3.8) is 0 Å². The van der Waals surface area contributed by atoms with Crippen molar-refractivity contribution in [2.75, 3.05) is 0 Å². The van der Waals surface area contributed by atoms with Gasteiger partial charge in [0.1, 0.15) is 0 Å². The Balaban J connectivity index is 1.90. The second-order valence-corrected chi connectivity index (χ2v) is 7.49. The largest absolute Gasteiger partial charge is 0.389 e. The zero-order valence-corrected chi connectivity index (χ0v) is 15.6. The van der Waals surface area contributed by atoms with Gasteiger partial charge in [-0.25, -0.2) is 0 Å². The Hall–Kier alpha value is -1.08. The molecule has 1 fully saturated rings. The van der Waals surface area contributed by atoms with E-state index in [9.17, 15) is 5.11 Å². The molecule has 0 bridgehead atoms. The van der Waals surface area contributed by atoms with Gasteiger partial charge in [-0.1, -0.05) is 81.9 Å². The van der Waals surface area contributed by atoms with Gasteiger partial charge in [0.25, 0.3) is 0 Å². The smallest absolute Gasteiger partial charge is 0.0753 e. The number of benzene rings is 1. The van der Waals surface area contributed by atoms with Gasteiger partial charge < -0.3 is 5.11 Å². The standard InChI is InChI=1S/C23H36O/c1-2-3-4-11-16-22(19-21-14-9-6-10-15-21)23(24)18-17-20-12-7-5-8-13-20/h5,7-8,12-13,19,21,23-24H,2-4,6,9-11,14-18H2,1H3/b22-19+. The average Bonchev–Trinajstić information content (AvgIpc) is 2.64. The molecule has 1 aliphatic carbocycles. The van der Waals surface area contributed by atoms with Crippen LogP contribution in [-0.2, 0) is 6.42 Å². The van der Waals surface area contributed by atoms with Crippen LogP contribution in [0, 0.1) is 5.92 Å². The van der Waals surface area contributed by atoms with Crippen LogP contribution < -0.4 is 0 Å². The molecule has 134 valence electrons. The van der Waals surface area contributed by atoms with Gasteiger partial charge in [0.15, 0.2) is 0 Å². The first kappa shape index (κ1) is 19.2. The number of aliphatic hydroxyl groups is 1. The molecule has 0 saturated heterocycles.